The van der Waals surface area contributed by atoms with Gasteiger partial charge in [0.2, 0.25) is 0 Å². The lowest BCUT2D eigenvalue weighted by molar-refractivity contribution is 0.246. The van der Waals surface area contributed by atoms with E-state index in [4.69, 9.17) is 16.6 Å². The molecule has 2 nitrogen and oxygen atoms in total. The number of aromatic nitrogens is 1. The number of hydrogen-bond acceptors (Lipinski definition) is 2. The summed E-state index contributed by atoms with van der Waals surface area (Å²) in [6.45, 7) is 2.85. The number of nitrogens with zero attached hydrogens (tertiary/aromatic N) is 2. The monoisotopic (exact) mass is 434 g/mol. The summed E-state index contributed by atoms with van der Waals surface area (Å²) >= 11 is 6.66. The van der Waals surface area contributed by atoms with E-state index in [1.165, 1.54) is 32.8 Å². The zero-order valence-electron chi connectivity index (χ0n) is 17.8. The van der Waals surface area contributed by atoms with Crippen molar-refractivity contribution in [3.05, 3.63) is 113 Å². The molecule has 1 aromatic heterocycles. The second-order valence-electron chi connectivity index (χ2n) is 8.52. The molecule has 6 rings (SSSR count). The summed E-state index contributed by atoms with van der Waals surface area (Å²) in [5.41, 5.74) is 7.16. The minimum atomic E-state index is 0.752. The summed E-state index contributed by atoms with van der Waals surface area (Å²) < 4.78 is 0. The Labute approximate surface area is 193 Å². The van der Waals surface area contributed by atoms with Gasteiger partial charge < -0.3 is 0 Å². The number of fused-ring (bicyclic) bond motifs is 5. The van der Waals surface area contributed by atoms with E-state index in [-0.39, 0.29) is 0 Å². The summed E-state index contributed by atoms with van der Waals surface area (Å²) in [7, 11) is 0. The third-order valence-corrected chi connectivity index (χ3v) is 6.86. The molecular formula is C29H23ClN2. The van der Waals surface area contributed by atoms with Crippen molar-refractivity contribution >= 4 is 33.3 Å². The lowest BCUT2D eigenvalue weighted by Crippen LogP contribution is -2.31. The molecule has 32 heavy (non-hydrogen) atoms. The molecule has 0 spiro atoms. The molecule has 5 aromatic rings. The molecule has 0 saturated heterocycles. The van der Waals surface area contributed by atoms with Gasteiger partial charge in [-0.25, -0.2) is 4.98 Å². The second-order valence-corrected chi connectivity index (χ2v) is 8.93. The molecule has 0 atom stereocenters. The van der Waals surface area contributed by atoms with Crippen molar-refractivity contribution in [2.24, 2.45) is 0 Å². The fourth-order valence-electron chi connectivity index (χ4n) is 5.02. The Hall–Kier alpha value is -3.20. The normalized spacial score (nSPS) is 14.0. The van der Waals surface area contributed by atoms with Crippen LogP contribution in [0.2, 0.25) is 5.02 Å². The van der Waals surface area contributed by atoms with E-state index in [0.29, 0.717) is 0 Å². The molecule has 0 aliphatic carbocycles. The molecule has 0 bridgehead atoms. The third-order valence-electron chi connectivity index (χ3n) is 6.53. The van der Waals surface area contributed by atoms with Gasteiger partial charge in [0, 0.05) is 35.6 Å². The number of hydrogen-bond donors (Lipinski definition) is 0. The minimum absolute atomic E-state index is 0.752. The van der Waals surface area contributed by atoms with Gasteiger partial charge in [-0.1, -0.05) is 90.5 Å². The van der Waals surface area contributed by atoms with Crippen molar-refractivity contribution in [1.29, 1.82) is 0 Å². The molecule has 0 unspecified atom stereocenters. The van der Waals surface area contributed by atoms with Gasteiger partial charge in [-0.3, -0.25) is 4.90 Å². The lowest BCUT2D eigenvalue weighted by atomic mass is 9.89. The zero-order chi connectivity index (χ0) is 21.5. The van der Waals surface area contributed by atoms with Gasteiger partial charge in [0.05, 0.1) is 11.2 Å². The van der Waals surface area contributed by atoms with Gasteiger partial charge in [0.1, 0.15) is 0 Å². The first-order chi connectivity index (χ1) is 15.8. The highest BCUT2D eigenvalue weighted by Gasteiger charge is 2.25. The van der Waals surface area contributed by atoms with Crippen LogP contribution < -0.4 is 0 Å². The third kappa shape index (κ3) is 3.37. The van der Waals surface area contributed by atoms with Gasteiger partial charge >= 0.3 is 0 Å². The van der Waals surface area contributed by atoms with Crippen LogP contribution in [0.25, 0.3) is 32.9 Å². The van der Waals surface area contributed by atoms with Crippen LogP contribution in [0.3, 0.4) is 0 Å². The minimum Gasteiger partial charge on any atom is -0.294 e. The Morgan fingerprint density at radius 3 is 2.44 bits per heavy atom. The average molecular weight is 435 g/mol. The molecule has 0 saturated carbocycles. The van der Waals surface area contributed by atoms with Gasteiger partial charge in [-0.2, -0.15) is 0 Å². The van der Waals surface area contributed by atoms with Crippen molar-refractivity contribution in [3.8, 4) is 11.3 Å². The number of rotatable bonds is 3. The Morgan fingerprint density at radius 1 is 0.781 bits per heavy atom. The van der Waals surface area contributed by atoms with Crippen molar-refractivity contribution in [3.63, 3.8) is 0 Å². The number of benzene rings is 4. The standard InChI is InChI=1S/C29H23ClN2/c30-26-13-7-6-12-24(26)29-25-19-32(18-20-8-2-1-3-9-20)17-16-23(25)28-22-11-5-4-10-21(22)14-15-27(28)31-29/h1-15H,16-19H2. The summed E-state index contributed by atoms with van der Waals surface area (Å²) in [6, 6.07) is 31.8. The fraction of sp³-hybridized carbons (Fsp3) is 0.138. The highest BCUT2D eigenvalue weighted by atomic mass is 35.5. The van der Waals surface area contributed by atoms with Crippen molar-refractivity contribution in [2.45, 2.75) is 19.5 Å². The Balaban J connectivity index is 1.57. The molecule has 4 aromatic carbocycles. The topological polar surface area (TPSA) is 16.1 Å². The van der Waals surface area contributed by atoms with E-state index >= 15 is 0 Å². The van der Waals surface area contributed by atoms with E-state index in [2.05, 4.69) is 77.7 Å². The molecular weight excluding hydrogens is 412 g/mol. The molecule has 0 N–H and O–H groups in total. The van der Waals surface area contributed by atoms with Crippen LogP contribution in [0, 0.1) is 0 Å². The molecule has 0 fully saturated rings. The Kier molecular flexibility index (Phi) is 4.90. The molecule has 2 heterocycles. The van der Waals surface area contributed by atoms with Crippen LogP contribution in [0.15, 0.2) is 91.0 Å². The van der Waals surface area contributed by atoms with Crippen molar-refractivity contribution in [2.75, 3.05) is 6.54 Å². The Bertz CT molecular complexity index is 1440. The molecule has 0 amide bonds. The Morgan fingerprint density at radius 2 is 1.56 bits per heavy atom. The fourth-order valence-corrected chi connectivity index (χ4v) is 5.25. The predicted octanol–water partition coefficient (Wildman–Crippen LogP) is 7.27. The van der Waals surface area contributed by atoms with Gasteiger partial charge in [0.15, 0.2) is 0 Å². The summed E-state index contributed by atoms with van der Waals surface area (Å²) in [4.78, 5) is 7.72. The first-order valence-corrected chi connectivity index (χ1v) is 11.5. The lowest BCUT2D eigenvalue weighted by Gasteiger charge is -2.31. The van der Waals surface area contributed by atoms with Gasteiger partial charge in [0.25, 0.3) is 0 Å². The van der Waals surface area contributed by atoms with Crippen LogP contribution in [0.4, 0.5) is 0 Å². The second kappa shape index (κ2) is 8.05. The summed E-state index contributed by atoms with van der Waals surface area (Å²) in [6.07, 6.45) is 1.01. The van der Waals surface area contributed by atoms with Crippen LogP contribution in [-0.2, 0) is 19.5 Å². The molecule has 3 heteroatoms. The van der Waals surface area contributed by atoms with Crippen LogP contribution in [0.1, 0.15) is 16.7 Å². The van der Waals surface area contributed by atoms with Crippen molar-refractivity contribution < 1.29 is 0 Å². The largest absolute Gasteiger partial charge is 0.294 e. The van der Waals surface area contributed by atoms with E-state index in [1.54, 1.807) is 0 Å². The average Bonchev–Trinajstić information content (AvgIpc) is 2.84. The summed E-state index contributed by atoms with van der Waals surface area (Å²) in [5.74, 6) is 0. The maximum Gasteiger partial charge on any atom is 0.0772 e. The predicted molar refractivity (Wildman–Crippen MR) is 134 cm³/mol. The first kappa shape index (κ1) is 19.5. The zero-order valence-corrected chi connectivity index (χ0v) is 18.5. The van der Waals surface area contributed by atoms with E-state index in [1.807, 2.05) is 18.2 Å². The van der Waals surface area contributed by atoms with Gasteiger partial charge in [-0.05, 0) is 46.0 Å². The van der Waals surface area contributed by atoms with E-state index in [0.717, 1.165) is 47.9 Å². The maximum atomic E-state index is 6.66. The molecule has 1 aliphatic heterocycles. The first-order valence-electron chi connectivity index (χ1n) is 11.1. The molecule has 156 valence electrons. The smallest absolute Gasteiger partial charge is 0.0772 e. The van der Waals surface area contributed by atoms with Gasteiger partial charge in [-0.15, -0.1) is 0 Å². The molecule has 0 radical (unpaired) electrons. The SMILES string of the molecule is Clc1ccccc1-c1nc2ccc3ccccc3c2c2c1CN(Cc1ccccc1)CC2. The maximum absolute atomic E-state index is 6.66. The van der Waals surface area contributed by atoms with Crippen molar-refractivity contribution in [1.82, 2.24) is 9.88 Å². The number of pyridine rings is 1. The van der Waals surface area contributed by atoms with E-state index in [9.17, 15) is 0 Å². The molecule has 1 aliphatic rings. The van der Waals surface area contributed by atoms with Crippen LogP contribution in [-0.4, -0.2) is 16.4 Å². The van der Waals surface area contributed by atoms with Crippen LogP contribution >= 0.6 is 11.6 Å². The summed E-state index contributed by atoms with van der Waals surface area (Å²) in [5, 5.41) is 4.60. The highest BCUT2D eigenvalue weighted by Crippen LogP contribution is 2.39. The van der Waals surface area contributed by atoms with E-state index < -0.39 is 0 Å². The quantitative estimate of drug-likeness (QED) is 0.277. The number of halogens is 1. The highest BCUT2D eigenvalue weighted by molar-refractivity contribution is 6.33. The van der Waals surface area contributed by atoms with Crippen LogP contribution in [0.5, 0.6) is 0 Å².